The smallest absolute Gasteiger partial charge is 0.422 e. The fourth-order valence-corrected chi connectivity index (χ4v) is 2.39. The zero-order valence-corrected chi connectivity index (χ0v) is 14.7. The molecule has 2 amide bonds. The first kappa shape index (κ1) is 19.9. The van der Waals surface area contributed by atoms with E-state index in [4.69, 9.17) is 11.6 Å². The summed E-state index contributed by atoms with van der Waals surface area (Å²) in [6.45, 7) is 0.750. The van der Waals surface area contributed by atoms with Crippen LogP contribution in [0.5, 0.6) is 5.75 Å². The van der Waals surface area contributed by atoms with Gasteiger partial charge in [-0.25, -0.2) is 4.79 Å². The molecule has 0 aliphatic rings. The fourth-order valence-electron chi connectivity index (χ4n) is 2.18. The third-order valence-electron chi connectivity index (χ3n) is 3.47. The van der Waals surface area contributed by atoms with E-state index in [0.717, 1.165) is 11.1 Å². The van der Waals surface area contributed by atoms with Crippen LogP contribution in [0, 0.1) is 0 Å². The standard InChI is InChI=1S/C18H18ClF3N2O2/c1-12(14-5-7-16(8-6-14)26-11-18(20,21)22)24-17(25)23-10-13-3-2-4-15(19)9-13/h2-9,12H,10-11H2,1H3,(H2,23,24,25). The molecule has 2 N–H and O–H groups in total. The van der Waals surface area contributed by atoms with Crippen LogP contribution in [0.1, 0.15) is 24.1 Å². The molecule has 0 radical (unpaired) electrons. The Morgan fingerprint density at radius 2 is 1.88 bits per heavy atom. The molecule has 0 spiro atoms. The molecule has 0 heterocycles. The van der Waals surface area contributed by atoms with Crippen molar-refractivity contribution in [3.63, 3.8) is 0 Å². The van der Waals surface area contributed by atoms with Crippen molar-refractivity contribution in [1.29, 1.82) is 0 Å². The van der Waals surface area contributed by atoms with Crippen molar-refractivity contribution in [3.8, 4) is 5.75 Å². The number of hydrogen-bond acceptors (Lipinski definition) is 2. The van der Waals surface area contributed by atoms with E-state index in [1.54, 1.807) is 37.3 Å². The summed E-state index contributed by atoms with van der Waals surface area (Å²) in [5, 5.41) is 6.06. The Morgan fingerprint density at radius 1 is 1.19 bits per heavy atom. The van der Waals surface area contributed by atoms with Gasteiger partial charge in [0.1, 0.15) is 5.75 Å². The van der Waals surface area contributed by atoms with Crippen LogP contribution in [-0.4, -0.2) is 18.8 Å². The lowest BCUT2D eigenvalue weighted by Crippen LogP contribution is -2.36. The van der Waals surface area contributed by atoms with Crippen molar-refractivity contribution >= 4 is 17.6 Å². The zero-order chi connectivity index (χ0) is 19.2. The van der Waals surface area contributed by atoms with Gasteiger partial charge in [-0.05, 0) is 42.3 Å². The molecule has 0 bridgehead atoms. The predicted molar refractivity (Wildman–Crippen MR) is 93.2 cm³/mol. The Bertz CT molecular complexity index is 736. The van der Waals surface area contributed by atoms with Crippen LogP contribution in [-0.2, 0) is 6.54 Å². The molecule has 2 aromatic rings. The first-order valence-corrected chi connectivity index (χ1v) is 8.19. The molecule has 8 heteroatoms. The Hall–Kier alpha value is -2.41. The average molecular weight is 387 g/mol. The van der Waals surface area contributed by atoms with Gasteiger partial charge in [0.05, 0.1) is 6.04 Å². The number of halogens is 4. The van der Waals surface area contributed by atoms with Gasteiger partial charge in [0.15, 0.2) is 6.61 Å². The van der Waals surface area contributed by atoms with E-state index in [-0.39, 0.29) is 17.8 Å². The van der Waals surface area contributed by atoms with Gasteiger partial charge in [-0.2, -0.15) is 13.2 Å². The van der Waals surface area contributed by atoms with Gasteiger partial charge >= 0.3 is 12.2 Å². The molecule has 0 aromatic heterocycles. The van der Waals surface area contributed by atoms with E-state index in [9.17, 15) is 18.0 Å². The van der Waals surface area contributed by atoms with Crippen LogP contribution in [0.15, 0.2) is 48.5 Å². The number of nitrogens with one attached hydrogen (secondary N) is 2. The molecule has 0 fully saturated rings. The largest absolute Gasteiger partial charge is 0.484 e. The van der Waals surface area contributed by atoms with Crippen LogP contribution in [0.2, 0.25) is 5.02 Å². The first-order valence-electron chi connectivity index (χ1n) is 7.81. The molecule has 2 aromatic carbocycles. The fraction of sp³-hybridized carbons (Fsp3) is 0.278. The molecule has 0 aliphatic heterocycles. The number of amides is 2. The number of carbonyl (C=O) groups is 1. The maximum atomic E-state index is 12.1. The van der Waals surface area contributed by atoms with Gasteiger partial charge in [0, 0.05) is 11.6 Å². The summed E-state index contributed by atoms with van der Waals surface area (Å²) < 4.78 is 41.0. The Kier molecular flexibility index (Phi) is 6.74. The second-order valence-electron chi connectivity index (χ2n) is 5.65. The van der Waals surface area contributed by atoms with Crippen molar-refractivity contribution in [2.45, 2.75) is 25.7 Å². The monoisotopic (exact) mass is 386 g/mol. The second-order valence-corrected chi connectivity index (χ2v) is 6.09. The van der Waals surface area contributed by atoms with Crippen molar-refractivity contribution < 1.29 is 22.7 Å². The van der Waals surface area contributed by atoms with Crippen molar-refractivity contribution in [2.24, 2.45) is 0 Å². The quantitative estimate of drug-likeness (QED) is 0.746. The van der Waals surface area contributed by atoms with Crippen molar-refractivity contribution in [2.75, 3.05) is 6.61 Å². The van der Waals surface area contributed by atoms with Crippen LogP contribution in [0.4, 0.5) is 18.0 Å². The lowest BCUT2D eigenvalue weighted by atomic mass is 10.1. The summed E-state index contributed by atoms with van der Waals surface area (Å²) in [4.78, 5) is 12.0. The highest BCUT2D eigenvalue weighted by molar-refractivity contribution is 6.30. The molecule has 0 aliphatic carbocycles. The maximum absolute atomic E-state index is 12.1. The Morgan fingerprint density at radius 3 is 2.50 bits per heavy atom. The number of carbonyl (C=O) groups excluding carboxylic acids is 1. The van der Waals surface area contributed by atoms with Gasteiger partial charge in [0.2, 0.25) is 0 Å². The highest BCUT2D eigenvalue weighted by atomic mass is 35.5. The third-order valence-corrected chi connectivity index (χ3v) is 3.71. The topological polar surface area (TPSA) is 50.4 Å². The molecule has 0 saturated heterocycles. The van der Waals surface area contributed by atoms with Crippen LogP contribution < -0.4 is 15.4 Å². The Balaban J connectivity index is 1.82. The Labute approximate surface area is 154 Å². The summed E-state index contributed by atoms with van der Waals surface area (Å²) in [5.74, 6) is 0.115. The molecule has 1 atom stereocenters. The summed E-state index contributed by atoms with van der Waals surface area (Å²) in [5.41, 5.74) is 1.61. The van der Waals surface area contributed by atoms with Gasteiger partial charge in [-0.1, -0.05) is 35.9 Å². The third kappa shape index (κ3) is 6.84. The van der Waals surface area contributed by atoms with Gasteiger partial charge < -0.3 is 15.4 Å². The van der Waals surface area contributed by atoms with Crippen LogP contribution >= 0.6 is 11.6 Å². The normalized spacial score (nSPS) is 12.3. The molecule has 26 heavy (non-hydrogen) atoms. The molecular weight excluding hydrogens is 369 g/mol. The molecule has 1 unspecified atom stereocenters. The summed E-state index contributed by atoms with van der Waals surface area (Å²) >= 11 is 5.88. The van der Waals surface area contributed by atoms with E-state index >= 15 is 0 Å². The van der Waals surface area contributed by atoms with E-state index in [2.05, 4.69) is 15.4 Å². The van der Waals surface area contributed by atoms with Crippen molar-refractivity contribution in [1.82, 2.24) is 10.6 Å². The molecule has 2 rings (SSSR count). The first-order chi connectivity index (χ1) is 12.2. The lowest BCUT2D eigenvalue weighted by molar-refractivity contribution is -0.153. The lowest BCUT2D eigenvalue weighted by Gasteiger charge is -2.16. The minimum absolute atomic E-state index is 0.115. The summed E-state index contributed by atoms with van der Waals surface area (Å²) in [6, 6.07) is 12.5. The second kappa shape index (κ2) is 8.80. The number of urea groups is 1. The van der Waals surface area contributed by atoms with Crippen LogP contribution in [0.25, 0.3) is 0 Å². The van der Waals surface area contributed by atoms with Crippen molar-refractivity contribution in [3.05, 3.63) is 64.7 Å². The molecule has 140 valence electrons. The maximum Gasteiger partial charge on any atom is 0.422 e. The highest BCUT2D eigenvalue weighted by Crippen LogP contribution is 2.21. The van der Waals surface area contributed by atoms with Gasteiger partial charge in [-0.3, -0.25) is 0 Å². The number of hydrogen-bond donors (Lipinski definition) is 2. The number of alkyl halides is 3. The number of ether oxygens (including phenoxy) is 1. The molecule has 4 nitrogen and oxygen atoms in total. The number of benzene rings is 2. The van der Waals surface area contributed by atoms with Gasteiger partial charge in [0.25, 0.3) is 0 Å². The minimum atomic E-state index is -4.38. The van der Waals surface area contributed by atoms with E-state index in [0.29, 0.717) is 11.6 Å². The SMILES string of the molecule is CC(NC(=O)NCc1cccc(Cl)c1)c1ccc(OCC(F)(F)F)cc1. The number of rotatable bonds is 6. The average Bonchev–Trinajstić information content (AvgIpc) is 2.58. The van der Waals surface area contributed by atoms with Crippen LogP contribution in [0.3, 0.4) is 0 Å². The zero-order valence-electron chi connectivity index (χ0n) is 13.9. The predicted octanol–water partition coefficient (Wildman–Crippen LogP) is 4.84. The molecule has 0 saturated carbocycles. The highest BCUT2D eigenvalue weighted by Gasteiger charge is 2.28. The summed E-state index contributed by atoms with van der Waals surface area (Å²) in [6.07, 6.45) is -4.38. The molecular formula is C18H18ClF3N2O2. The minimum Gasteiger partial charge on any atom is -0.484 e. The van der Waals surface area contributed by atoms with Gasteiger partial charge in [-0.15, -0.1) is 0 Å². The van der Waals surface area contributed by atoms with E-state index in [1.165, 1.54) is 12.1 Å². The van der Waals surface area contributed by atoms with E-state index < -0.39 is 12.8 Å². The van der Waals surface area contributed by atoms with E-state index in [1.807, 2.05) is 6.07 Å². The summed E-state index contributed by atoms with van der Waals surface area (Å²) in [7, 11) is 0.